The third-order valence-electron chi connectivity index (χ3n) is 4.89. The Labute approximate surface area is 139 Å². The second-order valence-electron chi connectivity index (χ2n) is 6.32. The van der Waals surface area contributed by atoms with Crippen LogP contribution in [0.4, 0.5) is 0 Å². The predicted molar refractivity (Wildman–Crippen MR) is 90.2 cm³/mol. The third kappa shape index (κ3) is 2.21. The first-order valence-corrected chi connectivity index (χ1v) is 8.06. The van der Waals surface area contributed by atoms with Gasteiger partial charge < -0.3 is 9.88 Å². The summed E-state index contributed by atoms with van der Waals surface area (Å²) in [6, 6.07) is 6.17. The van der Waals surface area contributed by atoms with E-state index in [1.807, 2.05) is 36.4 Å². The number of hydrogen-bond donors (Lipinski definition) is 1. The molecule has 3 aromatic rings. The fourth-order valence-electron chi connectivity index (χ4n) is 3.80. The summed E-state index contributed by atoms with van der Waals surface area (Å²) in [6.45, 7) is 2.70. The second-order valence-corrected chi connectivity index (χ2v) is 6.32. The Bertz CT molecular complexity index is 970. The monoisotopic (exact) mass is 319 g/mol. The van der Waals surface area contributed by atoms with Crippen LogP contribution in [0.5, 0.6) is 0 Å². The molecule has 1 saturated heterocycles. The number of H-pyrrole nitrogens is 1. The topological polar surface area (TPSA) is 85.7 Å². The van der Waals surface area contributed by atoms with E-state index in [-0.39, 0.29) is 24.3 Å². The number of fused-ring (bicyclic) bond motifs is 3. The quantitative estimate of drug-likeness (QED) is 0.787. The molecule has 6 heteroatoms. The van der Waals surface area contributed by atoms with Gasteiger partial charge in [0, 0.05) is 41.7 Å². The van der Waals surface area contributed by atoms with Gasteiger partial charge in [-0.2, -0.15) is 5.26 Å². The summed E-state index contributed by atoms with van der Waals surface area (Å²) in [5, 5.41) is 11.0. The number of likely N-dealkylation sites (tertiary alicyclic amines) is 1. The molecule has 1 fully saturated rings. The molecule has 2 atom stereocenters. The number of amides is 1. The van der Waals surface area contributed by atoms with Gasteiger partial charge in [0.2, 0.25) is 5.91 Å². The van der Waals surface area contributed by atoms with Gasteiger partial charge in [-0.25, -0.2) is 9.97 Å². The molecule has 1 amide bonds. The second kappa shape index (κ2) is 5.60. The van der Waals surface area contributed by atoms with Crippen LogP contribution in [0.15, 0.2) is 30.7 Å². The van der Waals surface area contributed by atoms with Gasteiger partial charge in [-0.05, 0) is 31.0 Å². The van der Waals surface area contributed by atoms with Gasteiger partial charge >= 0.3 is 0 Å². The standard InChI is InChI=1S/C18H17N5O/c1-11-8-12(10-23(11)16(24)2-5-19)13-3-6-20-15-9-22-18-14(17(13)15)4-7-21-18/h3-4,6-7,9,11-12,20H,2,8,10H2,1H3/t11-,12?/m0/s1. The molecule has 1 aliphatic rings. The predicted octanol–water partition coefficient (Wildman–Crippen LogP) is 2.73. The van der Waals surface area contributed by atoms with Crippen LogP contribution in [-0.2, 0) is 4.79 Å². The molecule has 4 rings (SSSR count). The van der Waals surface area contributed by atoms with E-state index in [9.17, 15) is 4.79 Å². The normalized spacial score (nSPS) is 20.6. The lowest BCUT2D eigenvalue weighted by molar-refractivity contribution is -0.130. The number of rotatable bonds is 2. The number of nitriles is 1. The van der Waals surface area contributed by atoms with Crippen molar-refractivity contribution >= 4 is 27.8 Å². The van der Waals surface area contributed by atoms with E-state index in [4.69, 9.17) is 5.26 Å². The molecule has 0 radical (unpaired) electrons. The minimum Gasteiger partial charge on any atom is -0.360 e. The molecule has 24 heavy (non-hydrogen) atoms. The van der Waals surface area contributed by atoms with Crippen LogP contribution in [0.1, 0.15) is 31.2 Å². The van der Waals surface area contributed by atoms with Crippen molar-refractivity contribution in [2.45, 2.75) is 31.7 Å². The van der Waals surface area contributed by atoms with E-state index < -0.39 is 0 Å². The van der Waals surface area contributed by atoms with Crippen LogP contribution in [0.25, 0.3) is 21.9 Å². The highest BCUT2D eigenvalue weighted by Gasteiger charge is 2.34. The Hall–Kier alpha value is -2.94. The molecule has 0 aromatic carbocycles. The molecular formula is C18H17N5O. The van der Waals surface area contributed by atoms with Gasteiger partial charge in [0.1, 0.15) is 6.42 Å². The van der Waals surface area contributed by atoms with Crippen molar-refractivity contribution in [1.82, 2.24) is 19.9 Å². The van der Waals surface area contributed by atoms with E-state index in [0.717, 1.165) is 28.4 Å². The van der Waals surface area contributed by atoms with Crippen molar-refractivity contribution in [1.29, 1.82) is 5.26 Å². The molecular weight excluding hydrogens is 302 g/mol. The summed E-state index contributed by atoms with van der Waals surface area (Å²) in [5.74, 6) is 0.168. The number of carbonyl (C=O) groups excluding carboxylic acids is 1. The van der Waals surface area contributed by atoms with Crippen molar-refractivity contribution in [3.05, 3.63) is 36.3 Å². The molecule has 120 valence electrons. The average molecular weight is 319 g/mol. The van der Waals surface area contributed by atoms with E-state index >= 15 is 0 Å². The lowest BCUT2D eigenvalue weighted by Crippen LogP contribution is -2.33. The first-order chi connectivity index (χ1) is 11.7. The van der Waals surface area contributed by atoms with Crippen molar-refractivity contribution in [2.24, 2.45) is 0 Å². The Morgan fingerprint density at radius 3 is 3.17 bits per heavy atom. The van der Waals surface area contributed by atoms with Crippen molar-refractivity contribution in [2.75, 3.05) is 6.54 Å². The van der Waals surface area contributed by atoms with Gasteiger partial charge in [0.25, 0.3) is 0 Å². The summed E-state index contributed by atoms with van der Waals surface area (Å²) in [5.41, 5.74) is 2.93. The number of aromatic amines is 1. The Morgan fingerprint density at radius 2 is 2.33 bits per heavy atom. The zero-order chi connectivity index (χ0) is 16.7. The van der Waals surface area contributed by atoms with E-state index in [1.54, 1.807) is 6.20 Å². The molecule has 1 unspecified atom stereocenters. The summed E-state index contributed by atoms with van der Waals surface area (Å²) in [4.78, 5) is 25.9. The van der Waals surface area contributed by atoms with Gasteiger partial charge in [-0.3, -0.25) is 4.79 Å². The minimum atomic E-state index is -0.0823. The maximum absolute atomic E-state index is 12.1. The SMILES string of the molecule is C[C@H]1CC(c2cc[nH]c3cnc4nccc4c23)CN1C(=O)CC#N. The Balaban J connectivity index is 1.79. The number of hydrogen-bond acceptors (Lipinski definition) is 4. The first kappa shape index (κ1) is 14.6. The van der Waals surface area contributed by atoms with Crippen LogP contribution in [-0.4, -0.2) is 38.3 Å². The van der Waals surface area contributed by atoms with Gasteiger partial charge in [0.05, 0.1) is 17.8 Å². The molecule has 1 N–H and O–H groups in total. The number of carbonyl (C=O) groups is 1. The molecule has 0 saturated carbocycles. The highest BCUT2D eigenvalue weighted by molar-refractivity contribution is 6.05. The highest BCUT2D eigenvalue weighted by atomic mass is 16.2. The maximum Gasteiger partial charge on any atom is 0.237 e. The summed E-state index contributed by atoms with van der Waals surface area (Å²) in [6.07, 6.45) is 6.35. The van der Waals surface area contributed by atoms with Crippen LogP contribution >= 0.6 is 0 Å². The summed E-state index contributed by atoms with van der Waals surface area (Å²) in [7, 11) is 0. The van der Waals surface area contributed by atoms with Crippen LogP contribution in [0, 0.1) is 11.3 Å². The largest absolute Gasteiger partial charge is 0.360 e. The number of pyridine rings is 2. The smallest absolute Gasteiger partial charge is 0.237 e. The average Bonchev–Trinajstić information content (AvgIpc) is 3.20. The summed E-state index contributed by atoms with van der Waals surface area (Å²) < 4.78 is 0. The minimum absolute atomic E-state index is 0.0543. The molecule has 0 bridgehead atoms. The van der Waals surface area contributed by atoms with E-state index in [1.165, 1.54) is 5.56 Å². The van der Waals surface area contributed by atoms with Crippen molar-refractivity contribution < 1.29 is 4.79 Å². The van der Waals surface area contributed by atoms with E-state index in [0.29, 0.717) is 6.54 Å². The molecule has 1 aliphatic heterocycles. The first-order valence-electron chi connectivity index (χ1n) is 8.06. The fraction of sp³-hybridized carbons (Fsp3) is 0.333. The Kier molecular flexibility index (Phi) is 3.42. The zero-order valence-electron chi connectivity index (χ0n) is 13.4. The molecule has 0 aliphatic carbocycles. The Morgan fingerprint density at radius 1 is 1.46 bits per heavy atom. The molecule has 3 aromatic heterocycles. The van der Waals surface area contributed by atoms with Crippen molar-refractivity contribution in [3.8, 4) is 6.07 Å². The van der Waals surface area contributed by atoms with Crippen molar-refractivity contribution in [3.63, 3.8) is 0 Å². The lowest BCUT2D eigenvalue weighted by atomic mass is 9.93. The lowest BCUT2D eigenvalue weighted by Gasteiger charge is -2.20. The van der Waals surface area contributed by atoms with E-state index in [2.05, 4.69) is 21.0 Å². The zero-order valence-corrected chi connectivity index (χ0v) is 13.4. The number of nitrogens with one attached hydrogen (secondary N) is 1. The highest BCUT2D eigenvalue weighted by Crippen LogP contribution is 2.37. The third-order valence-corrected chi connectivity index (χ3v) is 4.89. The fourth-order valence-corrected chi connectivity index (χ4v) is 3.80. The van der Waals surface area contributed by atoms with Crippen LogP contribution in [0.3, 0.4) is 0 Å². The van der Waals surface area contributed by atoms with Gasteiger partial charge in [-0.1, -0.05) is 0 Å². The molecule has 0 spiro atoms. The van der Waals surface area contributed by atoms with Crippen LogP contribution < -0.4 is 0 Å². The molecule has 6 nitrogen and oxygen atoms in total. The van der Waals surface area contributed by atoms with Gasteiger partial charge in [-0.15, -0.1) is 0 Å². The molecule has 4 heterocycles. The summed E-state index contributed by atoms with van der Waals surface area (Å²) >= 11 is 0. The van der Waals surface area contributed by atoms with Crippen LogP contribution in [0.2, 0.25) is 0 Å². The number of nitrogens with zero attached hydrogens (tertiary/aromatic N) is 4. The van der Waals surface area contributed by atoms with Gasteiger partial charge in [0.15, 0.2) is 5.65 Å². The maximum atomic E-state index is 12.1. The number of aromatic nitrogens is 3.